The van der Waals surface area contributed by atoms with Crippen molar-refractivity contribution in [1.82, 2.24) is 19.4 Å². The summed E-state index contributed by atoms with van der Waals surface area (Å²) < 4.78 is 18.3. The summed E-state index contributed by atoms with van der Waals surface area (Å²) in [6.45, 7) is 7.00. The lowest BCUT2D eigenvalue weighted by Gasteiger charge is -2.38. The van der Waals surface area contributed by atoms with Crippen LogP contribution in [0.1, 0.15) is 12.7 Å². The van der Waals surface area contributed by atoms with E-state index in [1.807, 2.05) is 6.92 Å². The Morgan fingerprint density at radius 2 is 2.00 bits per heavy atom. The highest BCUT2D eigenvalue weighted by atomic mass is 35.5. The number of rotatable bonds is 9. The normalized spacial score (nSPS) is 13.5. The van der Waals surface area contributed by atoms with Gasteiger partial charge in [-0.2, -0.15) is 0 Å². The van der Waals surface area contributed by atoms with Gasteiger partial charge in [0.15, 0.2) is 0 Å². The van der Waals surface area contributed by atoms with E-state index in [2.05, 4.69) is 16.5 Å². The first-order valence-electron chi connectivity index (χ1n) is 11.2. The second-order valence-electron chi connectivity index (χ2n) is 8.06. The van der Waals surface area contributed by atoms with Gasteiger partial charge in [0.1, 0.15) is 23.0 Å². The molecule has 0 atom stereocenters. The molecule has 4 rings (SSSR count). The Morgan fingerprint density at radius 3 is 2.66 bits per heavy atom. The van der Waals surface area contributed by atoms with Crippen LogP contribution in [0.2, 0.25) is 5.02 Å². The van der Waals surface area contributed by atoms with Crippen LogP contribution in [0.4, 0.5) is 0 Å². The zero-order valence-corrected chi connectivity index (χ0v) is 20.7. The molecule has 9 nitrogen and oxygen atoms in total. The van der Waals surface area contributed by atoms with Crippen LogP contribution in [-0.4, -0.2) is 65.4 Å². The van der Waals surface area contributed by atoms with Crippen molar-refractivity contribution in [1.29, 1.82) is 0 Å². The number of benzene rings is 1. The fourth-order valence-electron chi connectivity index (χ4n) is 3.96. The van der Waals surface area contributed by atoms with Gasteiger partial charge in [-0.05, 0) is 18.2 Å². The molecular weight excluding hydrogens is 472 g/mol. The second kappa shape index (κ2) is 10.5. The van der Waals surface area contributed by atoms with Gasteiger partial charge in [0, 0.05) is 48.3 Å². The molecule has 1 amide bonds. The van der Waals surface area contributed by atoms with Gasteiger partial charge in [-0.25, -0.2) is 9.97 Å². The van der Waals surface area contributed by atoms with E-state index in [4.69, 9.17) is 25.8 Å². The van der Waals surface area contributed by atoms with Crippen LogP contribution in [0, 0.1) is 0 Å². The first-order chi connectivity index (χ1) is 16.9. The number of fused-ring (bicyclic) bond motifs is 1. The first kappa shape index (κ1) is 24.7. The van der Waals surface area contributed by atoms with Gasteiger partial charge >= 0.3 is 0 Å². The summed E-state index contributed by atoms with van der Waals surface area (Å²) in [5.74, 6) is 1.43. The molecular formula is C25H27ClN4O5. The predicted molar refractivity (Wildman–Crippen MR) is 133 cm³/mol. The number of aromatic nitrogens is 3. The Hall–Kier alpha value is -3.43. The summed E-state index contributed by atoms with van der Waals surface area (Å²) in [5, 5.41) is 1.00. The highest BCUT2D eigenvalue weighted by molar-refractivity contribution is 6.35. The molecule has 3 aromatic rings. The molecule has 10 heteroatoms. The summed E-state index contributed by atoms with van der Waals surface area (Å²) in [6, 6.07) is 5.10. The van der Waals surface area contributed by atoms with Crippen LogP contribution in [0.3, 0.4) is 0 Å². The smallest absolute Gasteiger partial charge is 0.260 e. The molecule has 0 unspecified atom stereocenters. The van der Waals surface area contributed by atoms with Crippen molar-refractivity contribution in [3.63, 3.8) is 0 Å². The van der Waals surface area contributed by atoms with Gasteiger partial charge in [0.25, 0.3) is 5.56 Å². The Morgan fingerprint density at radius 1 is 1.23 bits per heavy atom. The summed E-state index contributed by atoms with van der Waals surface area (Å²) in [4.78, 5) is 36.0. The molecule has 0 N–H and O–H groups in total. The SMILES string of the molecule is C=CC(=O)N1CC(OCCn2c(=O)c(-c3cc(OC)cc(OC)c3Cl)cc3cnc(CC)nc32)C1. The van der Waals surface area contributed by atoms with Crippen molar-refractivity contribution in [3.8, 4) is 22.6 Å². The van der Waals surface area contributed by atoms with E-state index in [0.29, 0.717) is 64.0 Å². The minimum absolute atomic E-state index is 0.0815. The maximum atomic E-state index is 13.7. The zero-order valence-electron chi connectivity index (χ0n) is 19.9. The summed E-state index contributed by atoms with van der Waals surface area (Å²) in [5.41, 5.74) is 1.12. The number of carbonyl (C=O) groups excluding carboxylic acids is 1. The van der Waals surface area contributed by atoms with Crippen molar-refractivity contribution >= 4 is 28.5 Å². The highest BCUT2D eigenvalue weighted by Crippen LogP contribution is 2.38. The summed E-state index contributed by atoms with van der Waals surface area (Å²) >= 11 is 6.60. The van der Waals surface area contributed by atoms with E-state index in [0.717, 1.165) is 0 Å². The first-order valence-corrected chi connectivity index (χ1v) is 11.6. The number of methoxy groups -OCH3 is 2. The molecule has 35 heavy (non-hydrogen) atoms. The lowest BCUT2D eigenvalue weighted by Crippen LogP contribution is -2.54. The van der Waals surface area contributed by atoms with Gasteiger partial charge in [-0.15, -0.1) is 0 Å². The van der Waals surface area contributed by atoms with E-state index in [9.17, 15) is 9.59 Å². The molecule has 1 aliphatic rings. The molecule has 3 heterocycles. The summed E-state index contributed by atoms with van der Waals surface area (Å²) in [7, 11) is 3.04. The van der Waals surface area contributed by atoms with Crippen LogP contribution in [-0.2, 0) is 22.5 Å². The zero-order chi connectivity index (χ0) is 25.1. The third-order valence-electron chi connectivity index (χ3n) is 5.95. The lowest BCUT2D eigenvalue weighted by atomic mass is 10.0. The van der Waals surface area contributed by atoms with Crippen LogP contribution in [0.25, 0.3) is 22.2 Å². The molecule has 1 aromatic carbocycles. The molecule has 1 aliphatic heterocycles. The van der Waals surface area contributed by atoms with Crippen LogP contribution in [0.5, 0.6) is 11.5 Å². The van der Waals surface area contributed by atoms with Gasteiger partial charge in [0.05, 0.1) is 38.5 Å². The monoisotopic (exact) mass is 498 g/mol. The van der Waals surface area contributed by atoms with E-state index in [1.54, 1.807) is 33.9 Å². The molecule has 0 spiro atoms. The lowest BCUT2D eigenvalue weighted by molar-refractivity contribution is -0.139. The maximum absolute atomic E-state index is 13.7. The molecule has 1 saturated heterocycles. The van der Waals surface area contributed by atoms with Crippen molar-refractivity contribution < 1.29 is 19.0 Å². The maximum Gasteiger partial charge on any atom is 0.260 e. The van der Waals surface area contributed by atoms with Gasteiger partial charge in [0.2, 0.25) is 5.91 Å². The second-order valence-corrected chi connectivity index (χ2v) is 8.44. The molecule has 0 saturated carbocycles. The summed E-state index contributed by atoms with van der Waals surface area (Å²) in [6.07, 6.45) is 3.55. The number of halogens is 1. The average Bonchev–Trinajstić information content (AvgIpc) is 2.85. The fourth-order valence-corrected chi connectivity index (χ4v) is 4.25. The highest BCUT2D eigenvalue weighted by Gasteiger charge is 2.30. The molecule has 184 valence electrons. The van der Waals surface area contributed by atoms with E-state index < -0.39 is 0 Å². The average molecular weight is 499 g/mol. The Labute approximate surface area is 207 Å². The minimum atomic E-state index is -0.267. The number of carbonyl (C=O) groups is 1. The number of aryl methyl sites for hydroxylation is 1. The van der Waals surface area contributed by atoms with Crippen LogP contribution in [0.15, 0.2) is 41.8 Å². The standard InChI is InChI=1S/C25H27ClN4O5/c1-5-21-27-12-15-9-19(18-10-16(33-3)11-20(34-4)23(18)26)25(32)30(24(15)28-21)7-8-35-17-13-29(14-17)22(31)6-2/h6,9-12,17H,2,5,7-8,13-14H2,1,3-4H3. The van der Waals surface area contributed by atoms with Crippen molar-refractivity contribution in [2.75, 3.05) is 33.9 Å². The molecule has 0 aliphatic carbocycles. The van der Waals surface area contributed by atoms with Gasteiger partial charge < -0.3 is 19.1 Å². The Bertz CT molecular complexity index is 1330. The fraction of sp³-hybridized carbons (Fsp3) is 0.360. The number of nitrogens with zero attached hydrogens (tertiary/aromatic N) is 4. The number of amides is 1. The Kier molecular flexibility index (Phi) is 7.37. The minimum Gasteiger partial charge on any atom is -0.497 e. The molecule has 0 radical (unpaired) electrons. The van der Waals surface area contributed by atoms with Gasteiger partial charge in [-0.1, -0.05) is 25.1 Å². The number of ether oxygens (including phenoxy) is 3. The quantitative estimate of drug-likeness (QED) is 0.418. The number of likely N-dealkylation sites (tertiary alicyclic amines) is 1. The molecule has 2 aromatic heterocycles. The number of hydrogen-bond donors (Lipinski definition) is 0. The topological polar surface area (TPSA) is 95.8 Å². The largest absolute Gasteiger partial charge is 0.497 e. The van der Waals surface area contributed by atoms with Crippen molar-refractivity contribution in [2.45, 2.75) is 26.0 Å². The van der Waals surface area contributed by atoms with Crippen molar-refractivity contribution in [2.24, 2.45) is 0 Å². The van der Waals surface area contributed by atoms with E-state index >= 15 is 0 Å². The Balaban J connectivity index is 1.71. The van der Waals surface area contributed by atoms with Crippen LogP contribution >= 0.6 is 11.6 Å². The predicted octanol–water partition coefficient (Wildman–Crippen LogP) is 3.10. The molecule has 1 fully saturated rings. The van der Waals surface area contributed by atoms with E-state index in [-0.39, 0.29) is 30.7 Å². The molecule has 0 bridgehead atoms. The third kappa shape index (κ3) is 4.87. The van der Waals surface area contributed by atoms with Gasteiger partial charge in [-0.3, -0.25) is 14.2 Å². The number of pyridine rings is 1. The van der Waals surface area contributed by atoms with Crippen LogP contribution < -0.4 is 15.0 Å². The van der Waals surface area contributed by atoms with E-state index in [1.165, 1.54) is 20.3 Å². The van der Waals surface area contributed by atoms with Crippen molar-refractivity contribution in [3.05, 3.63) is 58.3 Å². The number of hydrogen-bond acceptors (Lipinski definition) is 7. The third-order valence-corrected chi connectivity index (χ3v) is 6.34.